The molecule has 0 saturated heterocycles. The third kappa shape index (κ3) is 4.60. The second-order valence-corrected chi connectivity index (χ2v) is 5.76. The first-order valence-corrected chi connectivity index (χ1v) is 7.40. The van der Waals surface area contributed by atoms with Gasteiger partial charge >= 0.3 is 0 Å². The van der Waals surface area contributed by atoms with Gasteiger partial charge in [-0.2, -0.15) is 0 Å². The van der Waals surface area contributed by atoms with E-state index in [4.69, 9.17) is 11.6 Å². The molecule has 0 aliphatic heterocycles. The summed E-state index contributed by atoms with van der Waals surface area (Å²) < 4.78 is 1.94. The predicted octanol–water partition coefficient (Wildman–Crippen LogP) is 4.67. The van der Waals surface area contributed by atoms with Crippen LogP contribution in [-0.4, -0.2) is 17.4 Å². The van der Waals surface area contributed by atoms with Crippen molar-refractivity contribution in [3.05, 3.63) is 21.2 Å². The lowest BCUT2D eigenvalue weighted by Gasteiger charge is -2.15. The molecule has 0 amide bonds. The van der Waals surface area contributed by atoms with E-state index >= 15 is 0 Å². The molecule has 16 heavy (non-hydrogen) atoms. The molecule has 1 unspecified atom stereocenters. The molecule has 5 heteroatoms. The van der Waals surface area contributed by atoms with Crippen LogP contribution in [-0.2, 0) is 0 Å². The Morgan fingerprint density at radius 2 is 2.25 bits per heavy atom. The van der Waals surface area contributed by atoms with Crippen molar-refractivity contribution < 1.29 is 0 Å². The number of alkyl halides is 1. The van der Waals surface area contributed by atoms with E-state index in [2.05, 4.69) is 49.1 Å². The Bertz CT molecular complexity index is 334. The number of anilines is 1. The molecule has 0 aliphatic carbocycles. The van der Waals surface area contributed by atoms with Crippen molar-refractivity contribution in [2.45, 2.75) is 19.8 Å². The van der Waals surface area contributed by atoms with Crippen LogP contribution in [0.3, 0.4) is 0 Å². The number of rotatable bonds is 6. The average molecular weight is 371 g/mol. The minimum absolute atomic E-state index is 0.606. The van der Waals surface area contributed by atoms with Gasteiger partial charge < -0.3 is 5.32 Å². The maximum atomic E-state index is 5.75. The topological polar surface area (TPSA) is 24.9 Å². The van der Waals surface area contributed by atoms with E-state index in [0.717, 1.165) is 40.0 Å². The Labute approximate surface area is 118 Å². The molecule has 0 aliphatic rings. The van der Waals surface area contributed by atoms with Crippen LogP contribution in [0.15, 0.2) is 21.2 Å². The van der Waals surface area contributed by atoms with Crippen molar-refractivity contribution in [2.75, 3.05) is 17.7 Å². The number of aromatic nitrogens is 1. The van der Waals surface area contributed by atoms with Crippen molar-refractivity contribution in [2.24, 2.45) is 5.92 Å². The molecule has 1 atom stereocenters. The summed E-state index contributed by atoms with van der Waals surface area (Å²) in [5.41, 5.74) is 0. The van der Waals surface area contributed by atoms with Crippen LogP contribution in [0.5, 0.6) is 0 Å². The second kappa shape index (κ2) is 7.51. The molecule has 0 radical (unpaired) electrons. The molecule has 0 spiro atoms. The van der Waals surface area contributed by atoms with Gasteiger partial charge in [-0.3, -0.25) is 0 Å². The number of nitrogens with one attached hydrogen (secondary N) is 1. The lowest BCUT2D eigenvalue weighted by molar-refractivity contribution is 0.521. The number of pyridine rings is 1. The van der Waals surface area contributed by atoms with E-state index in [9.17, 15) is 0 Å². The van der Waals surface area contributed by atoms with Crippen molar-refractivity contribution >= 4 is 49.3 Å². The summed E-state index contributed by atoms with van der Waals surface area (Å²) in [6.07, 6.45) is 3.96. The summed E-state index contributed by atoms with van der Waals surface area (Å²) in [6.45, 7) is 3.10. The fraction of sp³-hybridized carbons (Fsp3) is 0.545. The lowest BCUT2D eigenvalue weighted by Crippen LogP contribution is -2.15. The van der Waals surface area contributed by atoms with E-state index in [1.165, 1.54) is 0 Å². The van der Waals surface area contributed by atoms with Crippen LogP contribution >= 0.6 is 43.5 Å². The molecule has 1 N–H and O–H groups in total. The highest BCUT2D eigenvalue weighted by atomic mass is 79.9. The van der Waals surface area contributed by atoms with E-state index in [0.29, 0.717) is 5.92 Å². The molecule has 0 aromatic carbocycles. The Balaban J connectivity index is 2.53. The first kappa shape index (κ1) is 14.3. The van der Waals surface area contributed by atoms with Crippen molar-refractivity contribution in [1.82, 2.24) is 4.98 Å². The van der Waals surface area contributed by atoms with E-state index < -0.39 is 0 Å². The highest BCUT2D eigenvalue weighted by Crippen LogP contribution is 2.24. The highest BCUT2D eigenvalue weighted by molar-refractivity contribution is 9.11. The molecule has 1 rings (SSSR count). The number of halogens is 3. The van der Waals surface area contributed by atoms with Gasteiger partial charge in [-0.05, 0) is 50.3 Å². The van der Waals surface area contributed by atoms with Gasteiger partial charge in [0, 0.05) is 23.1 Å². The maximum Gasteiger partial charge on any atom is 0.140 e. The summed E-state index contributed by atoms with van der Waals surface area (Å²) >= 11 is 12.6. The number of hydrogen-bond acceptors (Lipinski definition) is 2. The monoisotopic (exact) mass is 368 g/mol. The standard InChI is InChI=1S/C11H15Br2ClN2/c1-2-8(3-4-14)6-15-11-10(13)5-9(12)7-16-11/h5,7-8H,2-4,6H2,1H3,(H,15,16). The highest BCUT2D eigenvalue weighted by Gasteiger charge is 2.07. The van der Waals surface area contributed by atoms with Crippen LogP contribution in [0.2, 0.25) is 0 Å². The smallest absolute Gasteiger partial charge is 0.140 e. The van der Waals surface area contributed by atoms with E-state index in [1.807, 2.05) is 6.07 Å². The summed E-state index contributed by atoms with van der Waals surface area (Å²) in [5, 5.41) is 3.34. The molecule has 1 heterocycles. The van der Waals surface area contributed by atoms with Gasteiger partial charge in [0.05, 0.1) is 4.47 Å². The van der Waals surface area contributed by atoms with Gasteiger partial charge in [-0.15, -0.1) is 11.6 Å². The van der Waals surface area contributed by atoms with Crippen LogP contribution in [0.1, 0.15) is 19.8 Å². The second-order valence-electron chi connectivity index (χ2n) is 3.62. The van der Waals surface area contributed by atoms with Crippen LogP contribution in [0, 0.1) is 5.92 Å². The molecule has 0 fully saturated rings. The van der Waals surface area contributed by atoms with E-state index in [-0.39, 0.29) is 0 Å². The zero-order valence-corrected chi connectivity index (χ0v) is 13.1. The maximum absolute atomic E-state index is 5.75. The van der Waals surface area contributed by atoms with Crippen molar-refractivity contribution in [3.63, 3.8) is 0 Å². The summed E-state index contributed by atoms with van der Waals surface area (Å²) in [4.78, 5) is 4.31. The first-order chi connectivity index (χ1) is 7.67. The van der Waals surface area contributed by atoms with E-state index in [1.54, 1.807) is 6.20 Å². The Hall–Kier alpha value is 0.200. The molecule has 0 bridgehead atoms. The quantitative estimate of drug-likeness (QED) is 0.736. The zero-order valence-electron chi connectivity index (χ0n) is 9.14. The Morgan fingerprint density at radius 1 is 1.50 bits per heavy atom. The van der Waals surface area contributed by atoms with Gasteiger partial charge in [0.1, 0.15) is 5.82 Å². The molecular formula is C11H15Br2ClN2. The number of hydrogen-bond donors (Lipinski definition) is 1. The third-order valence-electron chi connectivity index (χ3n) is 2.46. The largest absolute Gasteiger partial charge is 0.369 e. The van der Waals surface area contributed by atoms with Crippen LogP contribution < -0.4 is 5.32 Å². The van der Waals surface area contributed by atoms with Gasteiger partial charge in [0.2, 0.25) is 0 Å². The molecule has 1 aromatic heterocycles. The van der Waals surface area contributed by atoms with Crippen molar-refractivity contribution in [3.8, 4) is 0 Å². The molecule has 2 nitrogen and oxygen atoms in total. The average Bonchev–Trinajstić information content (AvgIpc) is 2.26. The molecule has 0 saturated carbocycles. The van der Waals surface area contributed by atoms with Gasteiger partial charge in [-0.1, -0.05) is 13.3 Å². The number of nitrogens with zero attached hydrogens (tertiary/aromatic N) is 1. The zero-order chi connectivity index (χ0) is 12.0. The SMILES string of the molecule is CCC(CCCl)CNc1ncc(Br)cc1Br. The summed E-state index contributed by atoms with van der Waals surface area (Å²) in [7, 11) is 0. The Morgan fingerprint density at radius 3 is 2.81 bits per heavy atom. The minimum atomic E-state index is 0.606. The fourth-order valence-corrected chi connectivity index (χ4v) is 2.83. The van der Waals surface area contributed by atoms with Gasteiger partial charge in [0.15, 0.2) is 0 Å². The molecule has 1 aromatic rings. The summed E-state index contributed by atoms with van der Waals surface area (Å²) in [6, 6.07) is 1.98. The van der Waals surface area contributed by atoms with Crippen molar-refractivity contribution in [1.29, 1.82) is 0 Å². The van der Waals surface area contributed by atoms with Gasteiger partial charge in [-0.25, -0.2) is 4.98 Å². The van der Waals surface area contributed by atoms with Crippen LogP contribution in [0.25, 0.3) is 0 Å². The predicted molar refractivity (Wildman–Crippen MR) is 77.2 cm³/mol. The first-order valence-electron chi connectivity index (χ1n) is 5.28. The molecule has 90 valence electrons. The van der Waals surface area contributed by atoms with Crippen LogP contribution in [0.4, 0.5) is 5.82 Å². The fourth-order valence-electron chi connectivity index (χ4n) is 1.39. The third-order valence-corrected chi connectivity index (χ3v) is 3.72. The lowest BCUT2D eigenvalue weighted by atomic mass is 10.0. The normalized spacial score (nSPS) is 12.5. The molecular weight excluding hydrogens is 355 g/mol. The van der Waals surface area contributed by atoms with Gasteiger partial charge in [0.25, 0.3) is 0 Å². The Kier molecular flexibility index (Phi) is 6.70. The summed E-state index contributed by atoms with van der Waals surface area (Å²) in [5.74, 6) is 2.21. The minimum Gasteiger partial charge on any atom is -0.369 e.